The Morgan fingerprint density at radius 2 is 1.69 bits per heavy atom. The van der Waals surface area contributed by atoms with Gasteiger partial charge in [0.05, 0.1) is 27.1 Å². The van der Waals surface area contributed by atoms with Crippen LogP contribution in [0.25, 0.3) is 10.2 Å². The highest BCUT2D eigenvalue weighted by atomic mass is 32.1. The van der Waals surface area contributed by atoms with Crippen LogP contribution in [0.5, 0.6) is 0 Å². The number of rotatable bonds is 3. The molecule has 7 heteroatoms. The van der Waals surface area contributed by atoms with Crippen LogP contribution >= 0.6 is 11.3 Å². The smallest absolute Gasteiger partial charge is 0.242 e. The monoisotopic (exact) mass is 409 g/mol. The maximum Gasteiger partial charge on any atom is 0.242 e. The number of hydrogen-bond donors (Lipinski definition) is 0. The van der Waals surface area contributed by atoms with Gasteiger partial charge in [-0.1, -0.05) is 24.3 Å². The van der Waals surface area contributed by atoms with E-state index in [1.54, 1.807) is 16.2 Å². The lowest BCUT2D eigenvalue weighted by Gasteiger charge is -2.32. The van der Waals surface area contributed by atoms with Crippen LogP contribution in [-0.2, 0) is 14.4 Å². The number of likely N-dealkylation sites (tertiary alicyclic amines) is 2. The highest BCUT2D eigenvalue weighted by Crippen LogP contribution is 2.36. The molecule has 0 unspecified atom stereocenters. The number of carbonyl (C=O) groups excluding carboxylic acids is 3. The van der Waals surface area contributed by atoms with Crippen molar-refractivity contribution in [3.8, 4) is 0 Å². The fraction of sp³-hybridized carbons (Fsp3) is 0.455. The molecule has 2 aliphatic heterocycles. The van der Waals surface area contributed by atoms with Gasteiger partial charge in [0.2, 0.25) is 17.7 Å². The summed E-state index contributed by atoms with van der Waals surface area (Å²) in [7, 11) is 0. The predicted molar refractivity (Wildman–Crippen MR) is 110 cm³/mol. The molecule has 2 saturated heterocycles. The average molecular weight is 410 g/mol. The third kappa shape index (κ3) is 3.27. The van der Waals surface area contributed by atoms with Crippen LogP contribution in [0.2, 0.25) is 0 Å². The molecule has 1 aromatic carbocycles. The quantitative estimate of drug-likeness (QED) is 0.577. The molecule has 5 rings (SSSR count). The van der Waals surface area contributed by atoms with Gasteiger partial charge in [-0.05, 0) is 37.8 Å². The number of allylic oxidation sites excluding steroid dienone is 2. The maximum absolute atomic E-state index is 12.8. The zero-order valence-electron chi connectivity index (χ0n) is 16.1. The lowest BCUT2D eigenvalue weighted by Crippen LogP contribution is -2.45. The van der Waals surface area contributed by atoms with E-state index >= 15 is 0 Å². The second-order valence-electron chi connectivity index (χ2n) is 8.09. The molecule has 3 amide bonds. The number of imide groups is 1. The summed E-state index contributed by atoms with van der Waals surface area (Å²) in [5, 5.41) is 1.14. The number of amides is 3. The third-order valence-electron chi connectivity index (χ3n) is 6.40. The number of para-hydroxylation sites is 1. The molecule has 0 saturated carbocycles. The fourth-order valence-corrected chi connectivity index (χ4v) is 5.84. The van der Waals surface area contributed by atoms with E-state index in [4.69, 9.17) is 4.98 Å². The molecule has 3 heterocycles. The van der Waals surface area contributed by atoms with Crippen molar-refractivity contribution >= 4 is 39.3 Å². The largest absolute Gasteiger partial charge is 0.341 e. The van der Waals surface area contributed by atoms with Gasteiger partial charge in [0.15, 0.2) is 0 Å². The van der Waals surface area contributed by atoms with Crippen LogP contribution in [0.1, 0.15) is 36.6 Å². The number of piperidine rings is 1. The maximum atomic E-state index is 12.8. The minimum absolute atomic E-state index is 0.115. The first-order valence-corrected chi connectivity index (χ1v) is 11.1. The molecule has 2 aromatic rings. The van der Waals surface area contributed by atoms with Gasteiger partial charge in [0.1, 0.15) is 6.54 Å². The van der Waals surface area contributed by atoms with Gasteiger partial charge in [-0.2, -0.15) is 0 Å². The number of aromatic nitrogens is 1. The predicted octanol–water partition coefficient (Wildman–Crippen LogP) is 2.95. The van der Waals surface area contributed by atoms with Crippen LogP contribution in [0.4, 0.5) is 0 Å². The van der Waals surface area contributed by atoms with Crippen molar-refractivity contribution in [3.63, 3.8) is 0 Å². The van der Waals surface area contributed by atoms with Gasteiger partial charge >= 0.3 is 0 Å². The van der Waals surface area contributed by atoms with E-state index in [1.165, 1.54) is 9.60 Å². The van der Waals surface area contributed by atoms with E-state index in [0.717, 1.165) is 23.4 Å². The van der Waals surface area contributed by atoms with Gasteiger partial charge in [0, 0.05) is 19.0 Å². The molecule has 0 spiro atoms. The van der Waals surface area contributed by atoms with Gasteiger partial charge < -0.3 is 4.90 Å². The summed E-state index contributed by atoms with van der Waals surface area (Å²) in [4.78, 5) is 45.7. The van der Waals surface area contributed by atoms with Crippen molar-refractivity contribution in [3.05, 3.63) is 41.4 Å². The molecule has 0 radical (unpaired) electrons. The van der Waals surface area contributed by atoms with Crippen LogP contribution in [0.15, 0.2) is 36.4 Å². The molecular weight excluding hydrogens is 386 g/mol. The highest BCUT2D eigenvalue weighted by Gasteiger charge is 2.48. The van der Waals surface area contributed by atoms with E-state index in [-0.39, 0.29) is 36.1 Å². The minimum atomic E-state index is -0.273. The molecule has 6 nitrogen and oxygen atoms in total. The Bertz CT molecular complexity index is 947. The SMILES string of the molecule is O=C(CN1C(=O)[C@H]2CC=CC[C@@H]2C1=O)N1CCC(c2nc3ccccc3s2)CC1. The normalized spacial score (nSPS) is 25.1. The van der Waals surface area contributed by atoms with E-state index in [2.05, 4.69) is 6.07 Å². The van der Waals surface area contributed by atoms with Crippen LogP contribution in [0, 0.1) is 11.8 Å². The first-order chi connectivity index (χ1) is 14.1. The Morgan fingerprint density at radius 1 is 1.03 bits per heavy atom. The van der Waals surface area contributed by atoms with Gasteiger partial charge in [-0.25, -0.2) is 4.98 Å². The van der Waals surface area contributed by atoms with E-state index in [1.807, 2.05) is 30.4 Å². The number of thiazole rings is 1. The van der Waals surface area contributed by atoms with Crippen molar-refractivity contribution in [1.29, 1.82) is 0 Å². The molecule has 29 heavy (non-hydrogen) atoms. The van der Waals surface area contributed by atoms with Crippen molar-refractivity contribution < 1.29 is 14.4 Å². The molecule has 3 aliphatic rings. The summed E-state index contributed by atoms with van der Waals surface area (Å²) in [6.07, 6.45) is 6.86. The van der Waals surface area contributed by atoms with Crippen molar-refractivity contribution in [1.82, 2.24) is 14.8 Å². The van der Waals surface area contributed by atoms with Crippen LogP contribution in [-0.4, -0.2) is 52.1 Å². The van der Waals surface area contributed by atoms with Gasteiger partial charge in [-0.3, -0.25) is 19.3 Å². The zero-order valence-corrected chi connectivity index (χ0v) is 16.9. The van der Waals surface area contributed by atoms with E-state index < -0.39 is 0 Å². The summed E-state index contributed by atoms with van der Waals surface area (Å²) in [6.45, 7) is 1.17. The topological polar surface area (TPSA) is 70.6 Å². The van der Waals surface area contributed by atoms with E-state index in [0.29, 0.717) is 31.8 Å². The minimum Gasteiger partial charge on any atom is -0.341 e. The van der Waals surface area contributed by atoms with Crippen molar-refractivity contribution in [2.45, 2.75) is 31.6 Å². The summed E-state index contributed by atoms with van der Waals surface area (Å²) in [5.41, 5.74) is 1.04. The number of fused-ring (bicyclic) bond motifs is 2. The fourth-order valence-electron chi connectivity index (χ4n) is 4.70. The molecule has 0 bridgehead atoms. The zero-order chi connectivity index (χ0) is 20.0. The Kier molecular flexibility index (Phi) is 4.70. The second-order valence-corrected chi connectivity index (χ2v) is 9.16. The Morgan fingerprint density at radius 3 is 2.34 bits per heavy atom. The molecule has 0 N–H and O–H groups in total. The molecule has 2 fully saturated rings. The molecule has 1 aromatic heterocycles. The van der Waals surface area contributed by atoms with E-state index in [9.17, 15) is 14.4 Å². The highest BCUT2D eigenvalue weighted by molar-refractivity contribution is 7.18. The average Bonchev–Trinajstić information content (AvgIpc) is 3.29. The lowest BCUT2D eigenvalue weighted by molar-refractivity contribution is -0.147. The number of benzene rings is 1. The Balaban J connectivity index is 1.20. The third-order valence-corrected chi connectivity index (χ3v) is 7.60. The molecular formula is C22H23N3O3S. The second kappa shape index (κ2) is 7.37. The van der Waals surface area contributed by atoms with Crippen molar-refractivity contribution in [2.24, 2.45) is 11.8 Å². The summed E-state index contributed by atoms with van der Waals surface area (Å²) in [5.74, 6) is -0.666. The standard InChI is InChI=1S/C22H23N3O3S/c26-19(13-25-21(27)15-5-1-2-6-16(15)22(25)28)24-11-9-14(10-12-24)20-23-17-7-3-4-8-18(17)29-20/h1-4,7-8,14-16H,5-6,9-13H2/t15-,16-/m0/s1. The Labute approximate surface area is 173 Å². The van der Waals surface area contributed by atoms with Crippen LogP contribution in [0.3, 0.4) is 0 Å². The molecule has 150 valence electrons. The lowest BCUT2D eigenvalue weighted by atomic mass is 9.85. The summed E-state index contributed by atoms with van der Waals surface area (Å²) >= 11 is 1.73. The summed E-state index contributed by atoms with van der Waals surface area (Å²) in [6, 6.07) is 8.15. The molecule has 2 atom stereocenters. The number of hydrogen-bond acceptors (Lipinski definition) is 5. The number of nitrogens with zero attached hydrogens (tertiary/aromatic N) is 3. The van der Waals surface area contributed by atoms with Gasteiger partial charge in [-0.15, -0.1) is 11.3 Å². The number of carbonyl (C=O) groups is 3. The van der Waals surface area contributed by atoms with Gasteiger partial charge in [0.25, 0.3) is 0 Å². The van der Waals surface area contributed by atoms with Crippen LogP contribution < -0.4 is 0 Å². The first-order valence-electron chi connectivity index (χ1n) is 10.3. The van der Waals surface area contributed by atoms with Crippen molar-refractivity contribution in [2.75, 3.05) is 19.6 Å². The summed E-state index contributed by atoms with van der Waals surface area (Å²) < 4.78 is 1.20. The first kappa shape index (κ1) is 18.5. The molecule has 1 aliphatic carbocycles. The Hall–Kier alpha value is -2.54.